The van der Waals surface area contributed by atoms with E-state index < -0.39 is 11.2 Å². The van der Waals surface area contributed by atoms with Crippen molar-refractivity contribution in [3.05, 3.63) is 86.1 Å². The molecule has 3 aromatic rings. The van der Waals surface area contributed by atoms with Gasteiger partial charge in [-0.05, 0) is 72.4 Å². The first-order valence-corrected chi connectivity index (χ1v) is 12.9. The lowest BCUT2D eigenvalue weighted by atomic mass is 9.44. The highest BCUT2D eigenvalue weighted by atomic mass is 35.5. The summed E-state index contributed by atoms with van der Waals surface area (Å²) < 4.78 is 4.81. The summed E-state index contributed by atoms with van der Waals surface area (Å²) >= 11 is 12.7. The van der Waals surface area contributed by atoms with E-state index in [1.54, 1.807) is 0 Å². The number of carbonyl (C=O) groups excluding carboxylic acids is 1. The SMILES string of the molecule is C[C@@]12C[C@H](c3cccc(Cl)c3)[C@@H](c3ccc(Cl)cc3)N(CCC3CCC31Cc1noc(=O)[nH]1)C2=O. The smallest absolute Gasteiger partial charge is 0.335 e. The monoisotopic (exact) mass is 511 g/mol. The van der Waals surface area contributed by atoms with Crippen molar-refractivity contribution in [3.63, 3.8) is 0 Å². The van der Waals surface area contributed by atoms with Crippen LogP contribution in [-0.2, 0) is 11.2 Å². The number of fused-ring (bicyclic) bond motifs is 4. The largest absolute Gasteiger partial charge is 0.438 e. The number of piperidine rings is 1. The Labute approximate surface area is 213 Å². The number of rotatable bonds is 4. The second-order valence-corrected chi connectivity index (χ2v) is 11.5. The van der Waals surface area contributed by atoms with Gasteiger partial charge in [0.2, 0.25) is 5.91 Å². The maximum atomic E-state index is 14.4. The van der Waals surface area contributed by atoms with E-state index in [4.69, 9.17) is 27.7 Å². The molecule has 1 N–H and O–H groups in total. The van der Waals surface area contributed by atoms with Crippen LogP contribution in [0.15, 0.2) is 57.8 Å². The van der Waals surface area contributed by atoms with E-state index in [1.807, 2.05) is 42.5 Å². The van der Waals surface area contributed by atoms with Crippen LogP contribution in [0.4, 0.5) is 0 Å². The normalized spacial score (nSPS) is 32.0. The average molecular weight is 512 g/mol. The summed E-state index contributed by atoms with van der Waals surface area (Å²) in [7, 11) is 0. The van der Waals surface area contributed by atoms with Gasteiger partial charge in [0.15, 0.2) is 5.82 Å². The summed E-state index contributed by atoms with van der Waals surface area (Å²) in [6.07, 6.45) is 4.15. The number of benzene rings is 2. The van der Waals surface area contributed by atoms with E-state index in [2.05, 4.69) is 28.0 Å². The number of halogens is 2. The molecule has 0 spiro atoms. The zero-order valence-electron chi connectivity index (χ0n) is 19.5. The zero-order valence-corrected chi connectivity index (χ0v) is 21.0. The number of aromatic nitrogens is 2. The van der Waals surface area contributed by atoms with Crippen LogP contribution >= 0.6 is 23.2 Å². The molecule has 5 atom stereocenters. The van der Waals surface area contributed by atoms with Gasteiger partial charge in [-0.25, -0.2) is 4.79 Å². The van der Waals surface area contributed by atoms with Crippen molar-refractivity contribution in [1.29, 1.82) is 0 Å². The molecule has 1 aliphatic carbocycles. The third kappa shape index (κ3) is 3.48. The summed E-state index contributed by atoms with van der Waals surface area (Å²) in [5.74, 6) is 0.600. The molecule has 2 bridgehead atoms. The third-order valence-corrected chi connectivity index (χ3v) is 9.56. The fraction of sp³-hybridized carbons (Fsp3) is 0.444. The summed E-state index contributed by atoms with van der Waals surface area (Å²) in [4.78, 5) is 30.9. The number of aromatic amines is 1. The average Bonchev–Trinajstić information content (AvgIpc) is 3.23. The van der Waals surface area contributed by atoms with Gasteiger partial charge < -0.3 is 4.90 Å². The van der Waals surface area contributed by atoms with Crippen molar-refractivity contribution in [3.8, 4) is 0 Å². The Hall–Kier alpha value is -2.57. The van der Waals surface area contributed by atoms with E-state index in [0.29, 0.717) is 41.2 Å². The van der Waals surface area contributed by atoms with Crippen LogP contribution in [0, 0.1) is 16.7 Å². The molecule has 1 amide bonds. The van der Waals surface area contributed by atoms with Crippen LogP contribution in [0.2, 0.25) is 10.0 Å². The number of amides is 1. The quantitative estimate of drug-likeness (QED) is 0.481. The molecule has 8 heteroatoms. The molecule has 3 heterocycles. The lowest BCUT2D eigenvalue weighted by Gasteiger charge is -2.60. The van der Waals surface area contributed by atoms with E-state index in [9.17, 15) is 9.59 Å². The summed E-state index contributed by atoms with van der Waals surface area (Å²) in [5.41, 5.74) is 1.32. The van der Waals surface area contributed by atoms with Gasteiger partial charge in [0, 0.05) is 28.9 Å². The topological polar surface area (TPSA) is 79.2 Å². The van der Waals surface area contributed by atoms with Crippen molar-refractivity contribution in [2.45, 2.75) is 51.0 Å². The van der Waals surface area contributed by atoms with Crippen molar-refractivity contribution in [2.24, 2.45) is 16.7 Å². The number of hydrogen-bond donors (Lipinski definition) is 1. The van der Waals surface area contributed by atoms with E-state index in [-0.39, 0.29) is 23.3 Å². The van der Waals surface area contributed by atoms with Crippen LogP contribution in [0.3, 0.4) is 0 Å². The molecule has 3 aliphatic rings. The van der Waals surface area contributed by atoms with Gasteiger partial charge >= 0.3 is 5.76 Å². The molecule has 182 valence electrons. The highest BCUT2D eigenvalue weighted by molar-refractivity contribution is 6.30. The maximum Gasteiger partial charge on any atom is 0.438 e. The lowest BCUT2D eigenvalue weighted by molar-refractivity contribution is -0.170. The Morgan fingerprint density at radius 1 is 1.09 bits per heavy atom. The van der Waals surface area contributed by atoms with Crippen LogP contribution in [0.25, 0.3) is 0 Å². The van der Waals surface area contributed by atoms with Crippen molar-refractivity contribution >= 4 is 29.1 Å². The van der Waals surface area contributed by atoms with Gasteiger partial charge in [-0.1, -0.05) is 59.5 Å². The van der Waals surface area contributed by atoms with Crippen LogP contribution in [-0.4, -0.2) is 27.5 Å². The van der Waals surface area contributed by atoms with Crippen LogP contribution in [0.1, 0.15) is 61.5 Å². The molecule has 35 heavy (non-hydrogen) atoms. The first-order valence-electron chi connectivity index (χ1n) is 12.2. The number of nitrogens with one attached hydrogen (secondary N) is 1. The van der Waals surface area contributed by atoms with E-state index >= 15 is 0 Å². The van der Waals surface area contributed by atoms with Gasteiger partial charge in [0.25, 0.3) is 0 Å². The fourth-order valence-corrected chi connectivity index (χ4v) is 7.59. The minimum Gasteiger partial charge on any atom is -0.335 e. The van der Waals surface area contributed by atoms with Crippen LogP contribution in [0.5, 0.6) is 0 Å². The van der Waals surface area contributed by atoms with E-state index in [1.165, 1.54) is 0 Å². The highest BCUT2D eigenvalue weighted by Gasteiger charge is 2.67. The summed E-state index contributed by atoms with van der Waals surface area (Å²) in [6, 6.07) is 15.8. The predicted octanol–water partition coefficient (Wildman–Crippen LogP) is 5.78. The van der Waals surface area contributed by atoms with Gasteiger partial charge in [-0.15, -0.1) is 0 Å². The third-order valence-electron chi connectivity index (χ3n) is 9.07. The maximum absolute atomic E-state index is 14.4. The predicted molar refractivity (Wildman–Crippen MR) is 133 cm³/mol. The Morgan fingerprint density at radius 3 is 2.54 bits per heavy atom. The fourth-order valence-electron chi connectivity index (χ4n) is 7.27. The lowest BCUT2D eigenvalue weighted by Crippen LogP contribution is -2.61. The van der Waals surface area contributed by atoms with Crippen molar-refractivity contribution < 1.29 is 9.32 Å². The molecule has 2 saturated heterocycles. The molecular weight excluding hydrogens is 485 g/mol. The minimum absolute atomic E-state index is 0.0603. The Kier molecular flexibility index (Phi) is 5.38. The summed E-state index contributed by atoms with van der Waals surface area (Å²) in [5, 5.41) is 5.34. The van der Waals surface area contributed by atoms with Gasteiger partial charge in [-0.3, -0.25) is 14.3 Å². The molecule has 6 rings (SSSR count). The van der Waals surface area contributed by atoms with Crippen LogP contribution < -0.4 is 5.76 Å². The highest BCUT2D eigenvalue weighted by Crippen LogP contribution is 2.68. The second kappa shape index (κ2) is 8.24. The summed E-state index contributed by atoms with van der Waals surface area (Å²) in [6.45, 7) is 2.83. The Balaban J connectivity index is 1.50. The minimum atomic E-state index is -0.613. The molecule has 1 saturated carbocycles. The van der Waals surface area contributed by atoms with Crippen molar-refractivity contribution in [1.82, 2.24) is 15.0 Å². The number of H-pyrrole nitrogens is 1. The van der Waals surface area contributed by atoms with Gasteiger partial charge in [0.05, 0.1) is 11.5 Å². The standard InChI is InChI=1S/C27H27Cl2N3O3/c1-26-14-21(17-3-2-4-20(29)13-17)23(16-5-7-19(28)8-6-16)32(24(26)33)12-10-18-9-11-27(18,26)15-22-30-25(34)35-31-22/h2-8,13,18,21,23H,9-12,14-15H2,1H3,(H,30,31,34)/t18?,21-,23-,26+,27?/m1/s1. The molecule has 0 radical (unpaired) electrons. The number of nitrogens with zero attached hydrogens (tertiary/aromatic N) is 2. The molecular formula is C27H27Cl2N3O3. The Morgan fingerprint density at radius 2 is 1.89 bits per heavy atom. The van der Waals surface area contributed by atoms with Gasteiger partial charge in [-0.2, -0.15) is 0 Å². The number of hydrogen-bond acceptors (Lipinski definition) is 4. The molecule has 1 aromatic heterocycles. The first-order chi connectivity index (χ1) is 16.8. The molecule has 3 fully saturated rings. The molecule has 6 nitrogen and oxygen atoms in total. The molecule has 2 aliphatic heterocycles. The Bertz CT molecular complexity index is 1340. The van der Waals surface area contributed by atoms with E-state index in [0.717, 1.165) is 30.4 Å². The second-order valence-electron chi connectivity index (χ2n) is 10.6. The molecule has 2 aromatic carbocycles. The van der Waals surface area contributed by atoms with Gasteiger partial charge in [0.1, 0.15) is 0 Å². The van der Waals surface area contributed by atoms with Crippen molar-refractivity contribution in [2.75, 3.05) is 6.54 Å². The first kappa shape index (κ1) is 22.9. The molecule has 2 unspecified atom stereocenters. The number of carbonyl (C=O) groups is 1. The zero-order chi connectivity index (χ0) is 24.4.